The lowest BCUT2D eigenvalue weighted by molar-refractivity contribution is -0.144. The normalized spacial score (nSPS) is 9.00. The molecule has 0 saturated heterocycles. The van der Waals surface area contributed by atoms with Gasteiger partial charge in [0.2, 0.25) is 0 Å². The molecule has 0 aliphatic carbocycles. The van der Waals surface area contributed by atoms with Crippen molar-refractivity contribution in [2.24, 2.45) is 5.11 Å². The van der Waals surface area contributed by atoms with Gasteiger partial charge in [0.05, 0.1) is 6.61 Å². The summed E-state index contributed by atoms with van der Waals surface area (Å²) in [7, 11) is 0. The maximum absolute atomic E-state index is 10.8. The van der Waals surface area contributed by atoms with Gasteiger partial charge in [0.1, 0.15) is 6.61 Å². The van der Waals surface area contributed by atoms with Crippen LogP contribution in [0.25, 0.3) is 10.4 Å². The molecule has 0 saturated carbocycles. The fraction of sp³-hybridized carbons (Fsp3) is 0.857. The van der Waals surface area contributed by atoms with Crippen LogP contribution < -0.4 is 0 Å². The van der Waals surface area contributed by atoms with Gasteiger partial charge in [-0.3, -0.25) is 4.79 Å². The molecule has 74 valence electrons. The summed E-state index contributed by atoms with van der Waals surface area (Å²) in [4.78, 5) is 13.4. The molecule has 0 aromatic heterocycles. The Labute approximate surface area is 76.1 Å². The summed E-state index contributed by atoms with van der Waals surface area (Å²) in [5, 5.41) is 11.6. The second kappa shape index (κ2) is 8.83. The summed E-state index contributed by atoms with van der Waals surface area (Å²) < 4.78 is 4.61. The first-order valence-electron chi connectivity index (χ1n) is 4.08. The Morgan fingerprint density at radius 2 is 2.31 bits per heavy atom. The van der Waals surface area contributed by atoms with Gasteiger partial charge in [0.25, 0.3) is 0 Å². The highest BCUT2D eigenvalue weighted by Crippen LogP contribution is 1.97. The zero-order valence-corrected chi connectivity index (χ0v) is 7.35. The number of unbranched alkanes of at least 4 members (excludes halogenated alkanes) is 1. The highest BCUT2D eigenvalue weighted by atomic mass is 16.5. The Kier molecular flexibility index (Phi) is 7.98. The van der Waals surface area contributed by atoms with Crippen molar-refractivity contribution < 1.29 is 14.6 Å². The lowest BCUT2D eigenvalue weighted by atomic mass is 10.2. The van der Waals surface area contributed by atoms with Gasteiger partial charge in [-0.1, -0.05) is 5.11 Å². The summed E-state index contributed by atoms with van der Waals surface area (Å²) in [6.45, 7) is 0.309. The molecule has 0 spiro atoms. The van der Waals surface area contributed by atoms with Gasteiger partial charge in [-0.05, 0) is 18.4 Å². The average molecular weight is 187 g/mol. The van der Waals surface area contributed by atoms with Crippen molar-refractivity contribution in [3.63, 3.8) is 0 Å². The average Bonchev–Trinajstić information content (AvgIpc) is 2.14. The molecule has 0 aliphatic rings. The maximum Gasteiger partial charge on any atom is 0.305 e. The van der Waals surface area contributed by atoms with Crippen LogP contribution in [0.3, 0.4) is 0 Å². The third kappa shape index (κ3) is 8.65. The summed E-state index contributed by atoms with van der Waals surface area (Å²) >= 11 is 0. The van der Waals surface area contributed by atoms with E-state index in [9.17, 15) is 4.79 Å². The number of ether oxygens (including phenoxy) is 1. The van der Waals surface area contributed by atoms with Gasteiger partial charge in [-0.15, -0.1) is 0 Å². The lowest BCUT2D eigenvalue weighted by Gasteiger charge is -2.00. The molecule has 1 N–H and O–H groups in total. The lowest BCUT2D eigenvalue weighted by Crippen LogP contribution is -2.08. The molecule has 13 heavy (non-hydrogen) atoms. The van der Waals surface area contributed by atoms with E-state index in [-0.39, 0.29) is 19.2 Å². The van der Waals surface area contributed by atoms with Gasteiger partial charge in [-0.2, -0.15) is 0 Å². The van der Waals surface area contributed by atoms with Gasteiger partial charge < -0.3 is 9.84 Å². The number of esters is 1. The number of carbonyl (C=O) groups excluding carboxylic acids is 1. The first-order valence-corrected chi connectivity index (χ1v) is 4.08. The first-order chi connectivity index (χ1) is 6.31. The van der Waals surface area contributed by atoms with E-state index >= 15 is 0 Å². The van der Waals surface area contributed by atoms with Crippen LogP contribution in [0, 0.1) is 0 Å². The van der Waals surface area contributed by atoms with E-state index in [0.717, 1.165) is 0 Å². The minimum absolute atomic E-state index is 0.0508. The molecule has 0 unspecified atom stereocenters. The van der Waals surface area contributed by atoms with Crippen LogP contribution >= 0.6 is 0 Å². The monoisotopic (exact) mass is 187 g/mol. The number of hydrogen-bond acceptors (Lipinski definition) is 4. The molecule has 6 nitrogen and oxygen atoms in total. The number of hydrogen-bond donors (Lipinski definition) is 1. The van der Waals surface area contributed by atoms with Crippen LogP contribution in [0.5, 0.6) is 0 Å². The minimum Gasteiger partial charge on any atom is -0.463 e. The molecule has 6 heteroatoms. The maximum atomic E-state index is 10.8. The van der Waals surface area contributed by atoms with Crippen LogP contribution in [0.15, 0.2) is 5.11 Å². The number of aliphatic hydroxyl groups excluding tert-OH is 1. The van der Waals surface area contributed by atoms with Crippen LogP contribution in [0.1, 0.15) is 19.3 Å². The van der Waals surface area contributed by atoms with Crippen molar-refractivity contribution in [2.75, 3.05) is 19.8 Å². The Morgan fingerprint density at radius 1 is 1.54 bits per heavy atom. The smallest absolute Gasteiger partial charge is 0.305 e. The Balaban J connectivity index is 3.21. The molecule has 0 aromatic carbocycles. The Bertz CT molecular complexity index is 189. The van der Waals surface area contributed by atoms with E-state index in [1.807, 2.05) is 0 Å². The molecular formula is C7H13N3O3. The summed E-state index contributed by atoms with van der Waals surface area (Å²) in [6.07, 6.45) is 1.63. The number of rotatable bonds is 7. The Morgan fingerprint density at radius 3 is 2.92 bits per heavy atom. The predicted octanol–water partition coefficient (Wildman–Crippen LogP) is 1.00. The molecule has 0 bridgehead atoms. The Hall–Kier alpha value is -1.26. The standard InChI is InChI=1S/C7H13N3O3/c8-10-9-4-2-1-3-7(12)13-6-5-11/h11H,1-6H2. The molecule has 0 aromatic rings. The van der Waals surface area contributed by atoms with Crippen LogP contribution in [-0.4, -0.2) is 30.8 Å². The van der Waals surface area contributed by atoms with E-state index in [2.05, 4.69) is 14.8 Å². The SMILES string of the molecule is [N-]=[N+]=NCCCCC(=O)OCCO. The molecule has 0 atom stereocenters. The zero-order valence-electron chi connectivity index (χ0n) is 7.35. The van der Waals surface area contributed by atoms with E-state index < -0.39 is 0 Å². The van der Waals surface area contributed by atoms with Crippen molar-refractivity contribution in [3.05, 3.63) is 10.4 Å². The van der Waals surface area contributed by atoms with Crippen molar-refractivity contribution in [1.29, 1.82) is 0 Å². The number of carbonyl (C=O) groups is 1. The van der Waals surface area contributed by atoms with E-state index in [0.29, 0.717) is 25.8 Å². The van der Waals surface area contributed by atoms with Crippen molar-refractivity contribution in [2.45, 2.75) is 19.3 Å². The molecule has 0 rings (SSSR count). The molecule has 0 radical (unpaired) electrons. The third-order valence-corrected chi connectivity index (χ3v) is 1.31. The van der Waals surface area contributed by atoms with Crippen molar-refractivity contribution in [1.82, 2.24) is 0 Å². The highest BCUT2D eigenvalue weighted by Gasteiger charge is 2.00. The largest absolute Gasteiger partial charge is 0.463 e. The van der Waals surface area contributed by atoms with Crippen molar-refractivity contribution in [3.8, 4) is 0 Å². The molecule has 0 amide bonds. The van der Waals surface area contributed by atoms with Crippen LogP contribution in [0.2, 0.25) is 0 Å². The van der Waals surface area contributed by atoms with E-state index in [1.165, 1.54) is 0 Å². The van der Waals surface area contributed by atoms with Gasteiger partial charge in [-0.25, -0.2) is 0 Å². The molecule has 0 aliphatic heterocycles. The summed E-state index contributed by atoms with van der Waals surface area (Å²) in [5.74, 6) is -0.324. The van der Waals surface area contributed by atoms with Gasteiger partial charge in [0, 0.05) is 17.9 Å². The number of azide groups is 1. The first kappa shape index (κ1) is 11.7. The predicted molar refractivity (Wildman–Crippen MR) is 45.9 cm³/mol. The van der Waals surface area contributed by atoms with Gasteiger partial charge >= 0.3 is 5.97 Å². The summed E-state index contributed by atoms with van der Waals surface area (Å²) in [6, 6.07) is 0. The summed E-state index contributed by atoms with van der Waals surface area (Å²) in [5.41, 5.74) is 7.93. The zero-order chi connectivity index (χ0) is 9.94. The number of nitrogens with zero attached hydrogens (tertiary/aromatic N) is 3. The van der Waals surface area contributed by atoms with Crippen LogP contribution in [0.4, 0.5) is 0 Å². The van der Waals surface area contributed by atoms with E-state index in [4.69, 9.17) is 10.6 Å². The topological polar surface area (TPSA) is 95.3 Å². The molecule has 0 fully saturated rings. The third-order valence-electron chi connectivity index (χ3n) is 1.31. The second-order valence-electron chi connectivity index (χ2n) is 2.36. The fourth-order valence-corrected chi connectivity index (χ4v) is 0.728. The number of aliphatic hydroxyl groups is 1. The second-order valence-corrected chi connectivity index (χ2v) is 2.36. The highest BCUT2D eigenvalue weighted by molar-refractivity contribution is 5.69. The van der Waals surface area contributed by atoms with Crippen molar-refractivity contribution >= 4 is 5.97 Å². The van der Waals surface area contributed by atoms with E-state index in [1.54, 1.807) is 0 Å². The van der Waals surface area contributed by atoms with Crippen LogP contribution in [-0.2, 0) is 9.53 Å². The fourth-order valence-electron chi connectivity index (χ4n) is 0.728. The minimum atomic E-state index is -0.324. The van der Waals surface area contributed by atoms with Gasteiger partial charge in [0.15, 0.2) is 0 Å². The molecule has 0 heterocycles. The molecular weight excluding hydrogens is 174 g/mol. The quantitative estimate of drug-likeness (QED) is 0.212.